The first-order chi connectivity index (χ1) is 9.38. The van der Waals surface area contributed by atoms with E-state index in [4.69, 9.17) is 10.7 Å². The van der Waals surface area contributed by atoms with Crippen molar-refractivity contribution in [3.63, 3.8) is 0 Å². The summed E-state index contributed by atoms with van der Waals surface area (Å²) in [6.07, 6.45) is 2.42. The molecule has 0 bridgehead atoms. The van der Waals surface area contributed by atoms with Crippen LogP contribution in [0.3, 0.4) is 0 Å². The highest BCUT2D eigenvalue weighted by Gasteiger charge is 2.34. The third-order valence-corrected chi connectivity index (χ3v) is 4.18. The van der Waals surface area contributed by atoms with Gasteiger partial charge in [0.25, 0.3) is 0 Å². The summed E-state index contributed by atoms with van der Waals surface area (Å²) in [7, 11) is 0. The fourth-order valence-corrected chi connectivity index (χ4v) is 2.76. The number of imidazole rings is 1. The summed E-state index contributed by atoms with van der Waals surface area (Å²) in [5.74, 6) is 1.90. The lowest BCUT2D eigenvalue weighted by Crippen LogP contribution is -2.19. The highest BCUT2D eigenvalue weighted by molar-refractivity contribution is 9.10. The molecule has 2 N–H and O–H groups in total. The molecule has 0 radical (unpaired) electrons. The number of aromatic nitrogens is 2. The largest absolute Gasteiger partial charge is 0.383 e. The molecule has 106 valence electrons. The van der Waals surface area contributed by atoms with Crippen molar-refractivity contribution in [3.8, 4) is 11.3 Å². The topological polar surface area (TPSA) is 43.8 Å². The van der Waals surface area contributed by atoms with Gasteiger partial charge in [-0.3, -0.25) is 0 Å². The van der Waals surface area contributed by atoms with Gasteiger partial charge in [0.2, 0.25) is 0 Å². The number of rotatable bonds is 2. The number of anilines is 1. The highest BCUT2D eigenvalue weighted by Crippen LogP contribution is 2.43. The maximum Gasteiger partial charge on any atom is 0.132 e. The summed E-state index contributed by atoms with van der Waals surface area (Å²) in [6, 6.07) is 8.73. The minimum absolute atomic E-state index is 0.00429. The Balaban J connectivity index is 2.15. The number of nitrogens with zero attached hydrogens (tertiary/aromatic N) is 2. The van der Waals surface area contributed by atoms with E-state index in [2.05, 4.69) is 53.4 Å². The van der Waals surface area contributed by atoms with Crippen LogP contribution < -0.4 is 5.73 Å². The standard InChI is InChI=1S/C16H20BrN3/c1-16(2,3)15-19-13(10-4-6-11(17)7-5-10)14(18)20(15)12-8-9-12/h4-7,12H,8-9,18H2,1-3H3. The molecule has 3 rings (SSSR count). The van der Waals surface area contributed by atoms with Gasteiger partial charge in [-0.1, -0.05) is 48.8 Å². The van der Waals surface area contributed by atoms with E-state index >= 15 is 0 Å². The first-order valence-corrected chi connectivity index (χ1v) is 7.81. The van der Waals surface area contributed by atoms with Crippen LogP contribution in [0.15, 0.2) is 28.7 Å². The van der Waals surface area contributed by atoms with Gasteiger partial charge >= 0.3 is 0 Å². The number of hydrogen-bond donors (Lipinski definition) is 1. The predicted molar refractivity (Wildman–Crippen MR) is 86.7 cm³/mol. The molecule has 1 aliphatic carbocycles. The zero-order chi connectivity index (χ0) is 14.5. The van der Waals surface area contributed by atoms with Crippen molar-refractivity contribution in [2.45, 2.75) is 45.1 Å². The Kier molecular flexibility index (Phi) is 3.16. The zero-order valence-corrected chi connectivity index (χ0v) is 13.7. The second-order valence-electron chi connectivity index (χ2n) is 6.53. The van der Waals surface area contributed by atoms with Gasteiger partial charge in [0, 0.05) is 21.5 Å². The fraction of sp³-hybridized carbons (Fsp3) is 0.438. The molecule has 0 spiro atoms. The summed E-state index contributed by atoms with van der Waals surface area (Å²) >= 11 is 3.46. The average Bonchev–Trinajstić information content (AvgIpc) is 3.13. The predicted octanol–water partition coefficient (Wildman–Crippen LogP) is 4.53. The lowest BCUT2D eigenvalue weighted by molar-refractivity contribution is 0.504. The minimum atomic E-state index is 0.00429. The smallest absolute Gasteiger partial charge is 0.132 e. The molecular formula is C16H20BrN3. The average molecular weight is 334 g/mol. The minimum Gasteiger partial charge on any atom is -0.383 e. The van der Waals surface area contributed by atoms with E-state index in [1.54, 1.807) is 0 Å². The third-order valence-electron chi connectivity index (χ3n) is 3.65. The van der Waals surface area contributed by atoms with Crippen molar-refractivity contribution < 1.29 is 0 Å². The van der Waals surface area contributed by atoms with E-state index in [9.17, 15) is 0 Å². The van der Waals surface area contributed by atoms with Crippen LogP contribution in [0.1, 0.15) is 45.5 Å². The van der Waals surface area contributed by atoms with Gasteiger partial charge in [0.1, 0.15) is 17.3 Å². The molecule has 20 heavy (non-hydrogen) atoms. The van der Waals surface area contributed by atoms with E-state index < -0.39 is 0 Å². The van der Waals surface area contributed by atoms with Gasteiger partial charge in [0.15, 0.2) is 0 Å². The monoisotopic (exact) mass is 333 g/mol. The molecule has 2 aromatic rings. The van der Waals surface area contributed by atoms with Crippen LogP contribution in [0.2, 0.25) is 0 Å². The molecular weight excluding hydrogens is 314 g/mol. The summed E-state index contributed by atoms with van der Waals surface area (Å²) in [4.78, 5) is 4.86. The molecule has 0 atom stereocenters. The second kappa shape index (κ2) is 4.62. The molecule has 0 saturated heterocycles. The Morgan fingerprint density at radius 2 is 1.80 bits per heavy atom. The summed E-state index contributed by atoms with van der Waals surface area (Å²) < 4.78 is 3.31. The quantitative estimate of drug-likeness (QED) is 0.877. The zero-order valence-electron chi connectivity index (χ0n) is 12.2. The van der Waals surface area contributed by atoms with E-state index in [-0.39, 0.29) is 5.41 Å². The van der Waals surface area contributed by atoms with E-state index in [0.717, 1.165) is 27.4 Å². The van der Waals surface area contributed by atoms with Crippen molar-refractivity contribution in [1.82, 2.24) is 9.55 Å². The van der Waals surface area contributed by atoms with E-state index in [0.29, 0.717) is 6.04 Å². The molecule has 1 heterocycles. The van der Waals surface area contributed by atoms with Gasteiger partial charge in [-0.2, -0.15) is 0 Å². The van der Waals surface area contributed by atoms with Gasteiger partial charge in [-0.05, 0) is 25.0 Å². The summed E-state index contributed by atoms with van der Waals surface area (Å²) in [5, 5.41) is 0. The van der Waals surface area contributed by atoms with Gasteiger partial charge in [0.05, 0.1) is 0 Å². The Bertz CT molecular complexity index is 631. The molecule has 1 aromatic carbocycles. The third kappa shape index (κ3) is 2.37. The lowest BCUT2D eigenvalue weighted by atomic mass is 9.95. The Hall–Kier alpha value is -1.29. The van der Waals surface area contributed by atoms with Crippen molar-refractivity contribution in [2.24, 2.45) is 0 Å². The highest BCUT2D eigenvalue weighted by atomic mass is 79.9. The number of hydrogen-bond acceptors (Lipinski definition) is 2. The second-order valence-corrected chi connectivity index (χ2v) is 7.44. The van der Waals surface area contributed by atoms with Crippen LogP contribution in [-0.4, -0.2) is 9.55 Å². The molecule has 3 nitrogen and oxygen atoms in total. The van der Waals surface area contributed by atoms with Crippen LogP contribution >= 0.6 is 15.9 Å². The molecule has 1 fully saturated rings. The molecule has 0 amide bonds. The van der Waals surface area contributed by atoms with E-state index in [1.165, 1.54) is 12.8 Å². The number of benzene rings is 1. The Morgan fingerprint density at radius 3 is 2.30 bits per heavy atom. The van der Waals surface area contributed by atoms with E-state index in [1.807, 2.05) is 12.1 Å². The van der Waals surface area contributed by atoms with Gasteiger partial charge < -0.3 is 10.3 Å². The summed E-state index contributed by atoms with van der Waals surface area (Å²) in [6.45, 7) is 6.58. The SMILES string of the molecule is CC(C)(C)c1nc(-c2ccc(Br)cc2)c(N)n1C1CC1. The molecule has 1 saturated carbocycles. The number of nitrogens with two attached hydrogens (primary N) is 1. The van der Waals surface area contributed by atoms with Crippen molar-refractivity contribution >= 4 is 21.7 Å². The molecule has 1 aliphatic rings. The molecule has 0 unspecified atom stereocenters. The van der Waals surface area contributed by atoms with Gasteiger partial charge in [-0.25, -0.2) is 4.98 Å². The van der Waals surface area contributed by atoms with Crippen molar-refractivity contribution in [2.75, 3.05) is 5.73 Å². The maximum atomic E-state index is 6.40. The summed E-state index contributed by atoms with van der Waals surface area (Å²) in [5.41, 5.74) is 8.40. The number of halogens is 1. The van der Waals surface area contributed by atoms with Crippen molar-refractivity contribution in [1.29, 1.82) is 0 Å². The molecule has 1 aromatic heterocycles. The Morgan fingerprint density at radius 1 is 1.20 bits per heavy atom. The number of nitrogen functional groups attached to an aromatic ring is 1. The van der Waals surface area contributed by atoms with Crippen LogP contribution in [-0.2, 0) is 5.41 Å². The van der Waals surface area contributed by atoms with Crippen molar-refractivity contribution in [3.05, 3.63) is 34.6 Å². The van der Waals surface area contributed by atoms with Crippen LogP contribution in [0.4, 0.5) is 5.82 Å². The van der Waals surface area contributed by atoms with Crippen LogP contribution in [0.25, 0.3) is 11.3 Å². The Labute approximate surface area is 128 Å². The van der Waals surface area contributed by atoms with Crippen LogP contribution in [0, 0.1) is 0 Å². The fourth-order valence-electron chi connectivity index (χ4n) is 2.50. The normalized spacial score (nSPS) is 15.6. The first kappa shape index (κ1) is 13.7. The molecule has 0 aliphatic heterocycles. The maximum absolute atomic E-state index is 6.40. The first-order valence-electron chi connectivity index (χ1n) is 7.02. The molecule has 4 heteroatoms. The van der Waals surface area contributed by atoms with Gasteiger partial charge in [-0.15, -0.1) is 0 Å². The lowest BCUT2D eigenvalue weighted by Gasteiger charge is -2.20. The van der Waals surface area contributed by atoms with Crippen LogP contribution in [0.5, 0.6) is 0 Å².